The predicted molar refractivity (Wildman–Crippen MR) is 79.9 cm³/mol. The zero-order chi connectivity index (χ0) is 13.0. The molecule has 0 fully saturated rings. The Balaban J connectivity index is 1.95. The van der Waals surface area contributed by atoms with E-state index >= 15 is 0 Å². The molecule has 98 valence electrons. The maximum atomic E-state index is 4.39. The molecule has 0 unspecified atom stereocenters. The SMILES string of the molecule is CC(C)CNCc1ccnn1Cc1cc(Br)cs1. The lowest BCUT2D eigenvalue weighted by molar-refractivity contribution is 0.530. The zero-order valence-corrected chi connectivity index (χ0v) is 13.1. The first kappa shape index (κ1) is 13.8. The molecule has 0 aromatic carbocycles. The van der Waals surface area contributed by atoms with Gasteiger partial charge in [0.25, 0.3) is 0 Å². The van der Waals surface area contributed by atoms with E-state index in [1.807, 2.05) is 6.20 Å². The Morgan fingerprint density at radius 1 is 1.50 bits per heavy atom. The third-order valence-electron chi connectivity index (χ3n) is 2.59. The molecule has 2 aromatic rings. The Bertz CT molecular complexity index is 490. The summed E-state index contributed by atoms with van der Waals surface area (Å²) in [6.07, 6.45) is 1.87. The van der Waals surface area contributed by atoms with Gasteiger partial charge in [-0.2, -0.15) is 5.10 Å². The van der Waals surface area contributed by atoms with Crippen LogP contribution < -0.4 is 5.32 Å². The van der Waals surface area contributed by atoms with Crippen molar-refractivity contribution in [3.05, 3.63) is 38.8 Å². The van der Waals surface area contributed by atoms with Crippen LogP contribution in [-0.4, -0.2) is 16.3 Å². The van der Waals surface area contributed by atoms with Crippen molar-refractivity contribution in [2.45, 2.75) is 26.9 Å². The molecule has 5 heteroatoms. The van der Waals surface area contributed by atoms with Crippen molar-refractivity contribution in [3.8, 4) is 0 Å². The van der Waals surface area contributed by atoms with Crippen LogP contribution in [-0.2, 0) is 13.1 Å². The number of halogens is 1. The summed E-state index contributed by atoms with van der Waals surface area (Å²) in [7, 11) is 0. The molecule has 0 saturated heterocycles. The second kappa shape index (κ2) is 6.50. The van der Waals surface area contributed by atoms with Crippen molar-refractivity contribution < 1.29 is 0 Å². The number of nitrogens with one attached hydrogen (secondary N) is 1. The predicted octanol–water partition coefficient (Wildman–Crippen LogP) is 3.50. The van der Waals surface area contributed by atoms with Crippen molar-refractivity contribution in [2.24, 2.45) is 5.92 Å². The molecule has 0 amide bonds. The molecular formula is C13H18BrN3S. The lowest BCUT2D eigenvalue weighted by Gasteiger charge is -2.09. The summed E-state index contributed by atoms with van der Waals surface area (Å²) >= 11 is 5.24. The van der Waals surface area contributed by atoms with Gasteiger partial charge < -0.3 is 5.32 Å². The van der Waals surface area contributed by atoms with Crippen molar-refractivity contribution in [3.63, 3.8) is 0 Å². The lowest BCUT2D eigenvalue weighted by atomic mass is 10.2. The summed E-state index contributed by atoms with van der Waals surface area (Å²) in [5.41, 5.74) is 1.24. The topological polar surface area (TPSA) is 29.9 Å². The van der Waals surface area contributed by atoms with Gasteiger partial charge in [-0.05, 0) is 40.5 Å². The highest BCUT2D eigenvalue weighted by atomic mass is 79.9. The highest BCUT2D eigenvalue weighted by Crippen LogP contribution is 2.20. The fraction of sp³-hybridized carbons (Fsp3) is 0.462. The van der Waals surface area contributed by atoms with Gasteiger partial charge >= 0.3 is 0 Å². The lowest BCUT2D eigenvalue weighted by Crippen LogP contribution is -2.21. The molecule has 3 nitrogen and oxygen atoms in total. The average Bonchev–Trinajstić information content (AvgIpc) is 2.89. The normalized spacial score (nSPS) is 11.3. The van der Waals surface area contributed by atoms with Gasteiger partial charge in [0, 0.05) is 27.5 Å². The maximum Gasteiger partial charge on any atom is 0.0756 e. The van der Waals surface area contributed by atoms with E-state index in [2.05, 4.69) is 62.4 Å². The van der Waals surface area contributed by atoms with Gasteiger partial charge in [-0.3, -0.25) is 4.68 Å². The first-order valence-electron chi connectivity index (χ1n) is 6.09. The van der Waals surface area contributed by atoms with Gasteiger partial charge in [-0.25, -0.2) is 0 Å². The van der Waals surface area contributed by atoms with Crippen LogP contribution in [0.3, 0.4) is 0 Å². The number of hydrogen-bond acceptors (Lipinski definition) is 3. The standard InChI is InChI=1S/C13H18BrN3S/c1-10(2)6-15-7-12-3-4-16-17(12)8-13-5-11(14)9-18-13/h3-5,9-10,15H,6-8H2,1-2H3. The van der Waals surface area contributed by atoms with Crippen LogP contribution in [0.15, 0.2) is 28.2 Å². The average molecular weight is 328 g/mol. The van der Waals surface area contributed by atoms with Crippen molar-refractivity contribution in [1.82, 2.24) is 15.1 Å². The minimum Gasteiger partial charge on any atom is -0.311 e. The Labute approximate surface area is 120 Å². The highest BCUT2D eigenvalue weighted by molar-refractivity contribution is 9.10. The smallest absolute Gasteiger partial charge is 0.0756 e. The molecule has 0 radical (unpaired) electrons. The van der Waals surface area contributed by atoms with Crippen LogP contribution in [0, 0.1) is 5.92 Å². The number of rotatable bonds is 6. The van der Waals surface area contributed by atoms with Crippen LogP contribution in [0.25, 0.3) is 0 Å². The molecule has 2 aromatic heterocycles. The van der Waals surface area contributed by atoms with E-state index < -0.39 is 0 Å². The molecule has 2 heterocycles. The molecule has 2 rings (SSSR count). The summed E-state index contributed by atoms with van der Waals surface area (Å²) in [4.78, 5) is 1.32. The highest BCUT2D eigenvalue weighted by Gasteiger charge is 2.05. The van der Waals surface area contributed by atoms with Crippen molar-refractivity contribution in [1.29, 1.82) is 0 Å². The van der Waals surface area contributed by atoms with Crippen LogP contribution in [0.2, 0.25) is 0 Å². The van der Waals surface area contributed by atoms with Crippen LogP contribution in [0.1, 0.15) is 24.4 Å². The van der Waals surface area contributed by atoms with Crippen LogP contribution in [0.4, 0.5) is 0 Å². The molecule has 0 saturated carbocycles. The van der Waals surface area contributed by atoms with E-state index in [0.717, 1.165) is 24.1 Å². The minimum atomic E-state index is 0.676. The second-order valence-corrected chi connectivity index (χ2v) is 6.65. The van der Waals surface area contributed by atoms with E-state index in [1.54, 1.807) is 11.3 Å². The van der Waals surface area contributed by atoms with E-state index in [-0.39, 0.29) is 0 Å². The van der Waals surface area contributed by atoms with E-state index in [1.165, 1.54) is 10.6 Å². The summed E-state index contributed by atoms with van der Waals surface area (Å²) in [6.45, 7) is 7.20. The summed E-state index contributed by atoms with van der Waals surface area (Å²) in [6, 6.07) is 4.23. The quantitative estimate of drug-likeness (QED) is 0.879. The first-order valence-corrected chi connectivity index (χ1v) is 7.76. The number of hydrogen-bond donors (Lipinski definition) is 1. The molecule has 0 spiro atoms. The monoisotopic (exact) mass is 327 g/mol. The van der Waals surface area contributed by atoms with Gasteiger partial charge in [0.2, 0.25) is 0 Å². The Morgan fingerprint density at radius 2 is 2.33 bits per heavy atom. The third kappa shape index (κ3) is 3.93. The van der Waals surface area contributed by atoms with Crippen molar-refractivity contribution in [2.75, 3.05) is 6.54 Å². The summed E-state index contributed by atoms with van der Waals surface area (Å²) < 4.78 is 3.21. The third-order valence-corrected chi connectivity index (χ3v) is 4.27. The molecule has 0 bridgehead atoms. The van der Waals surface area contributed by atoms with Gasteiger partial charge in [-0.15, -0.1) is 11.3 Å². The van der Waals surface area contributed by atoms with Gasteiger partial charge in [0.15, 0.2) is 0 Å². The molecule has 1 N–H and O–H groups in total. The zero-order valence-electron chi connectivity index (χ0n) is 10.7. The fourth-order valence-corrected chi connectivity index (χ4v) is 3.16. The summed E-state index contributed by atoms with van der Waals surface area (Å²) in [5.74, 6) is 0.676. The fourth-order valence-electron chi connectivity index (χ4n) is 1.73. The summed E-state index contributed by atoms with van der Waals surface area (Å²) in [5, 5.41) is 9.95. The van der Waals surface area contributed by atoms with Crippen LogP contribution >= 0.6 is 27.3 Å². The van der Waals surface area contributed by atoms with E-state index in [0.29, 0.717) is 5.92 Å². The Hall–Kier alpha value is -0.650. The number of aromatic nitrogens is 2. The molecule has 0 aliphatic heterocycles. The van der Waals surface area contributed by atoms with Crippen LogP contribution in [0.5, 0.6) is 0 Å². The second-order valence-electron chi connectivity index (χ2n) is 4.74. The Morgan fingerprint density at radius 3 is 3.00 bits per heavy atom. The molecular weight excluding hydrogens is 310 g/mol. The maximum absolute atomic E-state index is 4.39. The number of nitrogens with zero attached hydrogens (tertiary/aromatic N) is 2. The van der Waals surface area contributed by atoms with Gasteiger partial charge in [0.05, 0.1) is 12.2 Å². The molecule has 0 atom stereocenters. The Kier molecular flexibility index (Phi) is 4.97. The largest absolute Gasteiger partial charge is 0.311 e. The van der Waals surface area contributed by atoms with Gasteiger partial charge in [-0.1, -0.05) is 13.8 Å². The minimum absolute atomic E-state index is 0.676. The van der Waals surface area contributed by atoms with E-state index in [9.17, 15) is 0 Å². The van der Waals surface area contributed by atoms with Gasteiger partial charge in [0.1, 0.15) is 0 Å². The first-order chi connectivity index (χ1) is 8.65. The number of thiophene rings is 1. The molecule has 0 aliphatic rings. The van der Waals surface area contributed by atoms with Crippen molar-refractivity contribution >= 4 is 27.3 Å². The molecule has 18 heavy (non-hydrogen) atoms. The molecule has 0 aliphatic carbocycles. The van der Waals surface area contributed by atoms with E-state index in [4.69, 9.17) is 0 Å².